The van der Waals surface area contributed by atoms with Gasteiger partial charge in [-0.3, -0.25) is 9.59 Å². The summed E-state index contributed by atoms with van der Waals surface area (Å²) in [6.07, 6.45) is 0.836. The van der Waals surface area contributed by atoms with Gasteiger partial charge >= 0.3 is 0 Å². The fourth-order valence-electron chi connectivity index (χ4n) is 1.17. The van der Waals surface area contributed by atoms with E-state index in [9.17, 15) is 9.59 Å². The van der Waals surface area contributed by atoms with Crippen LogP contribution in [0.4, 0.5) is 0 Å². The molecule has 0 atom stereocenters. The van der Waals surface area contributed by atoms with Crippen molar-refractivity contribution in [1.82, 2.24) is 10.6 Å². The van der Waals surface area contributed by atoms with Gasteiger partial charge in [-0.2, -0.15) is 0 Å². The number of nitrogens with one attached hydrogen (secondary N) is 2. The molecule has 0 unspecified atom stereocenters. The molecule has 94 valence electrons. The summed E-state index contributed by atoms with van der Waals surface area (Å²) in [5.41, 5.74) is -0.202. The van der Waals surface area contributed by atoms with E-state index < -0.39 is 0 Å². The van der Waals surface area contributed by atoms with Crippen molar-refractivity contribution in [3.63, 3.8) is 0 Å². The minimum absolute atomic E-state index is 0.0177. The van der Waals surface area contributed by atoms with Gasteiger partial charge in [-0.1, -0.05) is 13.8 Å². The first-order valence-electron chi connectivity index (χ1n) is 5.77. The van der Waals surface area contributed by atoms with E-state index in [0.717, 1.165) is 0 Å². The number of hydrogen-bond acceptors (Lipinski definition) is 3. The number of carbonyl (C=O) groups excluding carboxylic acids is 2. The van der Waals surface area contributed by atoms with E-state index in [4.69, 9.17) is 0 Å². The molecular weight excluding hydrogens is 204 g/mol. The molecule has 1 amide bonds. The predicted molar refractivity (Wildman–Crippen MR) is 65.2 cm³/mol. The van der Waals surface area contributed by atoms with Crippen molar-refractivity contribution in [2.75, 3.05) is 13.6 Å². The van der Waals surface area contributed by atoms with Gasteiger partial charge in [0.05, 0.1) is 0 Å². The zero-order valence-electron chi connectivity index (χ0n) is 11.0. The molecule has 0 aliphatic heterocycles. The van der Waals surface area contributed by atoms with Gasteiger partial charge in [-0.25, -0.2) is 0 Å². The van der Waals surface area contributed by atoms with Gasteiger partial charge in [-0.05, 0) is 20.9 Å². The second-order valence-electron chi connectivity index (χ2n) is 5.03. The highest BCUT2D eigenvalue weighted by atomic mass is 16.1. The number of Topliss-reactive ketones (excluding diaryl/α,β-unsaturated/α-hetero) is 1. The van der Waals surface area contributed by atoms with Crippen LogP contribution in [-0.4, -0.2) is 30.8 Å². The first-order chi connectivity index (χ1) is 7.28. The van der Waals surface area contributed by atoms with Gasteiger partial charge in [0.1, 0.15) is 5.78 Å². The summed E-state index contributed by atoms with van der Waals surface area (Å²) >= 11 is 0. The average Bonchev–Trinajstić information content (AvgIpc) is 2.16. The fourth-order valence-corrected chi connectivity index (χ4v) is 1.17. The molecule has 4 nitrogen and oxygen atoms in total. The smallest absolute Gasteiger partial charge is 0.221 e. The number of hydrogen-bond donors (Lipinski definition) is 2. The molecule has 0 saturated carbocycles. The van der Waals surface area contributed by atoms with Crippen molar-refractivity contribution in [3.05, 3.63) is 0 Å². The van der Waals surface area contributed by atoms with Gasteiger partial charge in [0, 0.05) is 30.8 Å². The molecule has 0 bridgehead atoms. The van der Waals surface area contributed by atoms with Gasteiger partial charge in [0.25, 0.3) is 0 Å². The van der Waals surface area contributed by atoms with Crippen LogP contribution in [0.1, 0.15) is 40.5 Å². The monoisotopic (exact) mass is 228 g/mol. The Labute approximate surface area is 98.2 Å². The maximum Gasteiger partial charge on any atom is 0.221 e. The molecule has 4 heteroatoms. The quantitative estimate of drug-likeness (QED) is 0.686. The molecule has 0 aliphatic carbocycles. The average molecular weight is 228 g/mol. The topological polar surface area (TPSA) is 58.2 Å². The largest absolute Gasteiger partial charge is 0.356 e. The first kappa shape index (κ1) is 15.1. The van der Waals surface area contributed by atoms with Gasteiger partial charge < -0.3 is 10.6 Å². The van der Waals surface area contributed by atoms with Crippen LogP contribution in [0, 0.1) is 5.92 Å². The minimum Gasteiger partial charge on any atom is -0.356 e. The summed E-state index contributed by atoms with van der Waals surface area (Å²) in [5, 5.41) is 5.82. The Balaban J connectivity index is 3.79. The molecule has 0 fully saturated rings. The van der Waals surface area contributed by atoms with Crippen LogP contribution < -0.4 is 10.6 Å². The Morgan fingerprint density at radius 2 is 1.81 bits per heavy atom. The molecule has 0 heterocycles. The van der Waals surface area contributed by atoms with Crippen molar-refractivity contribution in [2.45, 2.75) is 46.1 Å². The van der Waals surface area contributed by atoms with Crippen LogP contribution in [-0.2, 0) is 9.59 Å². The molecule has 0 aromatic heterocycles. The lowest BCUT2D eigenvalue weighted by Gasteiger charge is -2.23. The predicted octanol–water partition coefficient (Wildman–Crippen LogP) is 1.11. The van der Waals surface area contributed by atoms with E-state index in [2.05, 4.69) is 10.6 Å². The van der Waals surface area contributed by atoms with Crippen LogP contribution in [0.5, 0.6) is 0 Å². The van der Waals surface area contributed by atoms with Crippen molar-refractivity contribution < 1.29 is 9.59 Å². The van der Waals surface area contributed by atoms with E-state index in [0.29, 0.717) is 19.4 Å². The number of ketones is 1. The molecule has 2 N–H and O–H groups in total. The highest BCUT2D eigenvalue weighted by molar-refractivity contribution is 5.82. The molecule has 0 spiro atoms. The molecule has 16 heavy (non-hydrogen) atoms. The molecule has 0 aromatic carbocycles. The third kappa shape index (κ3) is 6.56. The molecule has 0 aromatic rings. The first-order valence-corrected chi connectivity index (χ1v) is 5.77. The zero-order valence-corrected chi connectivity index (χ0v) is 11.0. The summed E-state index contributed by atoms with van der Waals surface area (Å²) in [6.45, 7) is 8.11. The maximum absolute atomic E-state index is 11.5. The maximum atomic E-state index is 11.5. The molecule has 0 aliphatic rings. The molecular formula is C12H24N2O2. The van der Waals surface area contributed by atoms with Crippen molar-refractivity contribution >= 4 is 11.7 Å². The van der Waals surface area contributed by atoms with E-state index in [1.165, 1.54) is 0 Å². The van der Waals surface area contributed by atoms with Gasteiger partial charge in [-0.15, -0.1) is 0 Å². The lowest BCUT2D eigenvalue weighted by atomic mass is 10.0. The summed E-state index contributed by atoms with van der Waals surface area (Å²) in [6, 6.07) is 0. The van der Waals surface area contributed by atoms with Gasteiger partial charge in [0.2, 0.25) is 5.91 Å². The standard InChI is InChI=1S/C12H24N2O2/c1-9(2)10(15)6-7-14-11(16)8-12(3,4)13-5/h9,13H,6-8H2,1-5H3,(H,14,16). The van der Waals surface area contributed by atoms with E-state index in [1.54, 1.807) is 0 Å². The van der Waals surface area contributed by atoms with Gasteiger partial charge in [0.15, 0.2) is 0 Å². The van der Waals surface area contributed by atoms with Crippen LogP contribution >= 0.6 is 0 Å². The van der Waals surface area contributed by atoms with E-state index in [-0.39, 0.29) is 23.1 Å². The summed E-state index contributed by atoms with van der Waals surface area (Å²) < 4.78 is 0. The van der Waals surface area contributed by atoms with E-state index >= 15 is 0 Å². The molecule has 0 saturated heterocycles. The number of rotatable bonds is 7. The fraction of sp³-hybridized carbons (Fsp3) is 0.833. The Bertz CT molecular complexity index is 247. The number of amides is 1. The highest BCUT2D eigenvalue weighted by Gasteiger charge is 2.19. The zero-order chi connectivity index (χ0) is 12.8. The Morgan fingerprint density at radius 3 is 2.25 bits per heavy atom. The normalized spacial score (nSPS) is 11.6. The minimum atomic E-state index is -0.202. The van der Waals surface area contributed by atoms with E-state index in [1.807, 2.05) is 34.7 Å². The Kier molecular flexibility index (Phi) is 6.26. The van der Waals surface area contributed by atoms with Crippen LogP contribution in [0.2, 0.25) is 0 Å². The van der Waals surface area contributed by atoms with Crippen molar-refractivity contribution in [3.8, 4) is 0 Å². The lowest BCUT2D eigenvalue weighted by Crippen LogP contribution is -2.42. The Morgan fingerprint density at radius 1 is 1.25 bits per heavy atom. The van der Waals surface area contributed by atoms with Crippen LogP contribution in [0.15, 0.2) is 0 Å². The van der Waals surface area contributed by atoms with Crippen molar-refractivity contribution in [1.29, 1.82) is 0 Å². The van der Waals surface area contributed by atoms with Crippen LogP contribution in [0.25, 0.3) is 0 Å². The third-order valence-corrected chi connectivity index (χ3v) is 2.62. The second-order valence-corrected chi connectivity index (χ2v) is 5.03. The second kappa shape index (κ2) is 6.63. The molecule has 0 rings (SSSR count). The number of carbonyl (C=O) groups is 2. The summed E-state index contributed by atoms with van der Waals surface area (Å²) in [4.78, 5) is 22.8. The van der Waals surface area contributed by atoms with Crippen LogP contribution in [0.3, 0.4) is 0 Å². The summed E-state index contributed by atoms with van der Waals surface area (Å²) in [5.74, 6) is 0.217. The summed E-state index contributed by atoms with van der Waals surface area (Å²) in [7, 11) is 1.83. The van der Waals surface area contributed by atoms with Crippen molar-refractivity contribution in [2.24, 2.45) is 5.92 Å². The highest BCUT2D eigenvalue weighted by Crippen LogP contribution is 2.06. The molecule has 0 radical (unpaired) electrons. The Hall–Kier alpha value is -0.900. The lowest BCUT2D eigenvalue weighted by molar-refractivity contribution is -0.123. The SMILES string of the molecule is CNC(C)(C)CC(=O)NCCC(=O)C(C)C. The third-order valence-electron chi connectivity index (χ3n) is 2.62.